The topological polar surface area (TPSA) is 29.5 Å². The van der Waals surface area contributed by atoms with Gasteiger partial charge < -0.3 is 9.64 Å². The molecule has 3 rings (SSSR count). The molecule has 2 aromatic carbocycles. The van der Waals surface area contributed by atoms with Crippen molar-refractivity contribution in [2.75, 3.05) is 18.5 Å². The quantitative estimate of drug-likeness (QED) is 0.609. The van der Waals surface area contributed by atoms with Gasteiger partial charge in [-0.3, -0.25) is 0 Å². The molecule has 0 atom stereocenters. The third-order valence-electron chi connectivity index (χ3n) is 3.40. The number of likely N-dealkylation sites (N-methyl/N-ethyl adjacent to an activating group) is 1. The van der Waals surface area contributed by atoms with E-state index in [1.54, 1.807) is 12.1 Å². The van der Waals surface area contributed by atoms with E-state index in [4.69, 9.17) is 4.74 Å². The Morgan fingerprint density at radius 3 is 2.74 bits per heavy atom. The van der Waals surface area contributed by atoms with Crippen LogP contribution in [-0.4, -0.2) is 19.6 Å². The van der Waals surface area contributed by atoms with Crippen LogP contribution in [0.25, 0.3) is 0 Å². The van der Waals surface area contributed by atoms with E-state index >= 15 is 0 Å². The van der Waals surface area contributed by atoms with Crippen molar-refractivity contribution in [3.63, 3.8) is 0 Å². The Hall–Kier alpha value is -2.29. The zero-order valence-corrected chi connectivity index (χ0v) is 10.8. The lowest BCUT2D eigenvalue weighted by atomic mass is 10.1. The fraction of sp³-hybridized carbons (Fsp3) is 0.188. The maximum absolute atomic E-state index is 11.9. The van der Waals surface area contributed by atoms with Crippen LogP contribution in [-0.2, 0) is 6.42 Å². The molecule has 3 heteroatoms. The van der Waals surface area contributed by atoms with Crippen LogP contribution in [0.1, 0.15) is 15.9 Å². The summed E-state index contributed by atoms with van der Waals surface area (Å²) in [6, 6.07) is 14.9. The molecule has 0 aromatic heterocycles. The van der Waals surface area contributed by atoms with Gasteiger partial charge in [0.2, 0.25) is 0 Å². The minimum absolute atomic E-state index is 0.313. The van der Waals surface area contributed by atoms with Crippen molar-refractivity contribution in [3.05, 3.63) is 59.7 Å². The van der Waals surface area contributed by atoms with E-state index in [-0.39, 0.29) is 5.97 Å². The molecule has 0 aliphatic carbocycles. The van der Waals surface area contributed by atoms with Gasteiger partial charge >= 0.3 is 5.97 Å². The van der Waals surface area contributed by atoms with Crippen LogP contribution >= 0.6 is 0 Å². The highest BCUT2D eigenvalue weighted by Crippen LogP contribution is 2.30. The van der Waals surface area contributed by atoms with Gasteiger partial charge in [0.1, 0.15) is 5.75 Å². The highest BCUT2D eigenvalue weighted by Gasteiger charge is 2.17. The third kappa shape index (κ3) is 2.32. The van der Waals surface area contributed by atoms with Crippen LogP contribution < -0.4 is 9.64 Å². The highest BCUT2D eigenvalue weighted by molar-refractivity contribution is 5.91. The smallest absolute Gasteiger partial charge is 0.343 e. The molecular weight excluding hydrogens is 238 g/mol. The van der Waals surface area contributed by atoms with E-state index in [0.717, 1.165) is 13.0 Å². The van der Waals surface area contributed by atoms with Crippen LogP contribution in [0.2, 0.25) is 0 Å². The zero-order chi connectivity index (χ0) is 13.2. The summed E-state index contributed by atoms with van der Waals surface area (Å²) in [6.07, 6.45) is 1.00. The van der Waals surface area contributed by atoms with E-state index in [9.17, 15) is 4.79 Å². The molecule has 19 heavy (non-hydrogen) atoms. The SMILES string of the molecule is CN1CCc2cc(OC(=O)c3ccccc3)ccc21. The van der Waals surface area contributed by atoms with Crippen LogP contribution in [0.5, 0.6) is 5.75 Å². The summed E-state index contributed by atoms with van der Waals surface area (Å²) in [5, 5.41) is 0. The standard InChI is InChI=1S/C16H15NO2/c1-17-10-9-13-11-14(7-8-15(13)17)19-16(18)12-5-3-2-4-6-12/h2-8,11H,9-10H2,1H3. The molecule has 0 bridgehead atoms. The number of anilines is 1. The maximum atomic E-state index is 11.9. The number of benzene rings is 2. The molecule has 0 saturated heterocycles. The van der Waals surface area contributed by atoms with Gasteiger partial charge in [-0.05, 0) is 42.3 Å². The number of esters is 1. The summed E-state index contributed by atoms with van der Waals surface area (Å²) in [5.41, 5.74) is 3.03. The largest absolute Gasteiger partial charge is 0.423 e. The monoisotopic (exact) mass is 253 g/mol. The average Bonchev–Trinajstić information content (AvgIpc) is 2.81. The van der Waals surface area contributed by atoms with Crippen molar-refractivity contribution in [2.24, 2.45) is 0 Å². The molecule has 1 aliphatic heterocycles. The van der Waals surface area contributed by atoms with Crippen molar-refractivity contribution in [3.8, 4) is 5.75 Å². The van der Waals surface area contributed by atoms with Gasteiger partial charge in [0.05, 0.1) is 5.56 Å². The normalized spacial score (nSPS) is 13.2. The number of nitrogens with zero attached hydrogens (tertiary/aromatic N) is 1. The van der Waals surface area contributed by atoms with Crippen LogP contribution in [0.3, 0.4) is 0 Å². The van der Waals surface area contributed by atoms with Gasteiger partial charge in [0, 0.05) is 19.3 Å². The number of carbonyl (C=O) groups is 1. The molecule has 0 fully saturated rings. The third-order valence-corrected chi connectivity index (χ3v) is 3.40. The molecule has 3 nitrogen and oxygen atoms in total. The molecule has 2 aromatic rings. The number of fused-ring (bicyclic) bond motifs is 1. The lowest BCUT2D eigenvalue weighted by Crippen LogP contribution is -2.12. The van der Waals surface area contributed by atoms with Gasteiger partial charge in [0.15, 0.2) is 0 Å². The number of rotatable bonds is 2. The summed E-state index contributed by atoms with van der Waals surface area (Å²) in [6.45, 7) is 1.02. The van der Waals surface area contributed by atoms with E-state index in [1.807, 2.05) is 36.4 Å². The molecule has 0 N–H and O–H groups in total. The summed E-state index contributed by atoms with van der Waals surface area (Å²) < 4.78 is 5.40. The van der Waals surface area contributed by atoms with Crippen molar-refractivity contribution >= 4 is 11.7 Å². The second-order valence-corrected chi connectivity index (χ2v) is 4.72. The lowest BCUT2D eigenvalue weighted by molar-refractivity contribution is 0.0734. The van der Waals surface area contributed by atoms with E-state index in [0.29, 0.717) is 11.3 Å². The lowest BCUT2D eigenvalue weighted by Gasteiger charge is -2.12. The summed E-state index contributed by atoms with van der Waals surface area (Å²) in [5.74, 6) is 0.301. The van der Waals surface area contributed by atoms with Crippen LogP contribution in [0.15, 0.2) is 48.5 Å². The van der Waals surface area contributed by atoms with Gasteiger partial charge in [-0.25, -0.2) is 4.79 Å². The van der Waals surface area contributed by atoms with Crippen molar-refractivity contribution < 1.29 is 9.53 Å². The molecule has 1 heterocycles. The molecule has 0 radical (unpaired) electrons. The Labute approximate surface area is 112 Å². The first-order valence-electron chi connectivity index (χ1n) is 6.35. The average molecular weight is 253 g/mol. The van der Waals surface area contributed by atoms with Gasteiger partial charge in [-0.2, -0.15) is 0 Å². The Bertz CT molecular complexity index is 607. The van der Waals surface area contributed by atoms with Crippen molar-refractivity contribution in [1.29, 1.82) is 0 Å². The molecule has 0 saturated carbocycles. The molecule has 0 amide bonds. The van der Waals surface area contributed by atoms with Gasteiger partial charge in [0.25, 0.3) is 0 Å². The minimum atomic E-state index is -0.313. The second kappa shape index (κ2) is 4.76. The first kappa shape index (κ1) is 11.8. The van der Waals surface area contributed by atoms with E-state index in [1.165, 1.54) is 11.3 Å². The number of hydrogen-bond donors (Lipinski definition) is 0. The predicted molar refractivity (Wildman–Crippen MR) is 74.8 cm³/mol. The Kier molecular flexibility index (Phi) is 2.95. The van der Waals surface area contributed by atoms with Crippen LogP contribution in [0, 0.1) is 0 Å². The fourth-order valence-electron chi connectivity index (χ4n) is 2.35. The van der Waals surface area contributed by atoms with Crippen molar-refractivity contribution in [2.45, 2.75) is 6.42 Å². The van der Waals surface area contributed by atoms with Gasteiger partial charge in [-0.1, -0.05) is 18.2 Å². The number of carbonyl (C=O) groups excluding carboxylic acids is 1. The molecule has 1 aliphatic rings. The first-order valence-corrected chi connectivity index (χ1v) is 6.35. The van der Waals surface area contributed by atoms with Crippen LogP contribution in [0.4, 0.5) is 5.69 Å². The number of hydrogen-bond acceptors (Lipinski definition) is 3. The Balaban J connectivity index is 1.80. The summed E-state index contributed by atoms with van der Waals surface area (Å²) in [7, 11) is 2.07. The summed E-state index contributed by atoms with van der Waals surface area (Å²) in [4.78, 5) is 14.2. The first-order chi connectivity index (χ1) is 9.24. The number of ether oxygens (including phenoxy) is 1. The van der Waals surface area contributed by atoms with Gasteiger partial charge in [-0.15, -0.1) is 0 Å². The fourth-order valence-corrected chi connectivity index (χ4v) is 2.35. The second-order valence-electron chi connectivity index (χ2n) is 4.72. The minimum Gasteiger partial charge on any atom is -0.423 e. The predicted octanol–water partition coefficient (Wildman–Crippen LogP) is 2.90. The molecular formula is C16H15NO2. The Morgan fingerprint density at radius 1 is 1.16 bits per heavy atom. The van der Waals surface area contributed by atoms with E-state index < -0.39 is 0 Å². The molecule has 0 spiro atoms. The zero-order valence-electron chi connectivity index (χ0n) is 10.8. The van der Waals surface area contributed by atoms with Crippen molar-refractivity contribution in [1.82, 2.24) is 0 Å². The molecule has 96 valence electrons. The van der Waals surface area contributed by atoms with E-state index in [2.05, 4.69) is 11.9 Å². The highest BCUT2D eigenvalue weighted by atomic mass is 16.5. The maximum Gasteiger partial charge on any atom is 0.343 e. The summed E-state index contributed by atoms with van der Waals surface area (Å²) >= 11 is 0. The Morgan fingerprint density at radius 2 is 1.95 bits per heavy atom. The molecule has 0 unspecified atom stereocenters.